The number of piperidine rings is 2. The second kappa shape index (κ2) is 21.2. The van der Waals surface area contributed by atoms with Gasteiger partial charge in [0, 0.05) is 103 Å². The molecule has 2 atom stereocenters. The summed E-state index contributed by atoms with van der Waals surface area (Å²) in [5.41, 5.74) is 7.30. The molecule has 23 heteroatoms. The van der Waals surface area contributed by atoms with Gasteiger partial charge in [0.05, 0.1) is 45.6 Å². The number of benzene rings is 2. The number of nitrogen functional groups attached to an aromatic ring is 2. The maximum Gasteiger partial charge on any atom is 0.418 e. The van der Waals surface area contributed by atoms with E-state index in [-0.39, 0.29) is 62.5 Å². The number of carbonyl (C=O) groups excluding carboxylic acids is 2. The normalized spacial score (nSPS) is 20.5. The van der Waals surface area contributed by atoms with Gasteiger partial charge in [0.2, 0.25) is 0 Å². The highest BCUT2D eigenvalue weighted by atomic mass is 35.5. The van der Waals surface area contributed by atoms with Crippen LogP contribution in [0.3, 0.4) is 0 Å². The Morgan fingerprint density at radius 3 is 1.20 bits per heavy atom. The average Bonchev–Trinajstić information content (AvgIpc) is 3.24. The number of amides is 2. The highest BCUT2D eigenvalue weighted by Gasteiger charge is 2.40. The lowest BCUT2D eigenvalue weighted by atomic mass is 9.99. The zero-order valence-electron chi connectivity index (χ0n) is 35.6. The van der Waals surface area contributed by atoms with Gasteiger partial charge in [0.25, 0.3) is 11.8 Å². The van der Waals surface area contributed by atoms with E-state index in [1.165, 1.54) is 21.9 Å². The maximum atomic E-state index is 14.6. The van der Waals surface area contributed by atoms with Gasteiger partial charge in [-0.2, -0.15) is 26.3 Å². The minimum atomic E-state index is -4.93. The fraction of sp³-hybridized carbons (Fsp3) is 0.619. The van der Waals surface area contributed by atoms with Crippen molar-refractivity contribution in [1.82, 2.24) is 29.4 Å². The first-order valence-corrected chi connectivity index (χ1v) is 22.2. The molecular weight excluding hydrogens is 913 g/mol. The van der Waals surface area contributed by atoms with E-state index < -0.39 is 93.7 Å². The van der Waals surface area contributed by atoms with Gasteiger partial charge < -0.3 is 36.2 Å². The fourth-order valence-electron chi connectivity index (χ4n) is 9.36. The number of ether oxygens (including phenoxy) is 1. The minimum absolute atomic E-state index is 0.0639. The number of aliphatic carboxylic acids is 2. The first-order valence-electron chi connectivity index (χ1n) is 21.5. The number of carboxylic acid groups (broad SMARTS) is 2. The van der Waals surface area contributed by atoms with Crippen molar-refractivity contribution in [2.45, 2.75) is 75.2 Å². The van der Waals surface area contributed by atoms with Gasteiger partial charge in [-0.15, -0.1) is 0 Å². The lowest BCUT2D eigenvalue weighted by molar-refractivity contribution is -0.160. The van der Waals surface area contributed by atoms with Crippen molar-refractivity contribution in [2.24, 2.45) is 0 Å². The van der Waals surface area contributed by atoms with Gasteiger partial charge in [-0.3, -0.25) is 38.8 Å². The van der Waals surface area contributed by atoms with Crippen LogP contribution in [-0.2, 0) is 49.1 Å². The molecular formula is C42H54Cl2F6N8O7. The quantitative estimate of drug-likeness (QED) is 0.157. The zero-order chi connectivity index (χ0) is 47.4. The van der Waals surface area contributed by atoms with E-state index in [9.17, 15) is 55.7 Å². The summed E-state index contributed by atoms with van der Waals surface area (Å²) >= 11 is 12.4. The van der Waals surface area contributed by atoms with Crippen LogP contribution >= 0.6 is 23.2 Å². The molecule has 0 spiro atoms. The topological polar surface area (TPSA) is 189 Å². The van der Waals surface area contributed by atoms with Crippen molar-refractivity contribution in [3.63, 3.8) is 0 Å². The Kier molecular flexibility index (Phi) is 16.4. The van der Waals surface area contributed by atoms with Gasteiger partial charge >= 0.3 is 24.3 Å². The van der Waals surface area contributed by atoms with E-state index in [1.54, 1.807) is 0 Å². The average molecular weight is 968 g/mol. The molecule has 6 rings (SSSR count). The number of anilines is 2. The Bertz CT molecular complexity index is 1900. The molecule has 4 aliphatic rings. The minimum Gasteiger partial charge on any atom is -0.480 e. The van der Waals surface area contributed by atoms with Crippen LogP contribution in [0.4, 0.5) is 37.7 Å². The van der Waals surface area contributed by atoms with E-state index in [2.05, 4.69) is 9.80 Å². The summed E-state index contributed by atoms with van der Waals surface area (Å²) in [6.45, 7) is 4.61. The molecule has 2 amide bonds. The first-order chi connectivity index (χ1) is 30.6. The van der Waals surface area contributed by atoms with Crippen molar-refractivity contribution < 1.29 is 60.5 Å². The van der Waals surface area contributed by atoms with Crippen molar-refractivity contribution in [3.8, 4) is 0 Å². The smallest absolute Gasteiger partial charge is 0.418 e. The molecule has 0 radical (unpaired) electrons. The van der Waals surface area contributed by atoms with Gasteiger partial charge in [-0.1, -0.05) is 23.2 Å². The SMILES string of the molecule is Nc1c(Cl)cc(C[C@H](O[C@@H](Cc2cc(Cl)c(N)c(C(F)(F)F)c2)C(=O)N2CCN(C3CCN(CC(=O)O)CC3)CC2)C(=O)N2CCN(C3CCN(CC(=O)O)CC3)CC2)cc1C(F)(F)F. The summed E-state index contributed by atoms with van der Waals surface area (Å²) in [6.07, 6.45) is -11.3. The number of piperazine rings is 2. The van der Waals surface area contributed by atoms with Crippen LogP contribution in [0.15, 0.2) is 24.3 Å². The molecule has 2 aromatic rings. The number of carbonyl (C=O) groups is 4. The van der Waals surface area contributed by atoms with Gasteiger partial charge in [-0.25, -0.2) is 0 Å². The largest absolute Gasteiger partial charge is 0.480 e. The van der Waals surface area contributed by atoms with E-state index in [4.69, 9.17) is 39.4 Å². The van der Waals surface area contributed by atoms with Crippen LogP contribution in [-0.4, -0.2) is 179 Å². The third kappa shape index (κ3) is 13.1. The number of rotatable bonds is 14. The Labute approximate surface area is 382 Å². The first kappa shape index (κ1) is 50.3. The summed E-state index contributed by atoms with van der Waals surface area (Å²) in [4.78, 5) is 62.7. The number of likely N-dealkylation sites (tertiary alicyclic amines) is 2. The number of hydrogen-bond acceptors (Lipinski definition) is 11. The van der Waals surface area contributed by atoms with Crippen LogP contribution in [0.2, 0.25) is 10.0 Å². The second-order valence-electron chi connectivity index (χ2n) is 17.1. The predicted molar refractivity (Wildman–Crippen MR) is 228 cm³/mol. The van der Waals surface area contributed by atoms with Crippen molar-refractivity contribution in [3.05, 3.63) is 56.6 Å². The molecule has 360 valence electrons. The number of halogens is 8. The van der Waals surface area contributed by atoms with E-state index in [0.717, 1.165) is 12.1 Å². The van der Waals surface area contributed by atoms with Crippen LogP contribution in [0.25, 0.3) is 0 Å². The molecule has 4 heterocycles. The summed E-state index contributed by atoms with van der Waals surface area (Å²) < 4.78 is 91.4. The molecule has 0 unspecified atom stereocenters. The predicted octanol–water partition coefficient (Wildman–Crippen LogP) is 4.12. The van der Waals surface area contributed by atoms with Crippen molar-refractivity contribution in [1.29, 1.82) is 0 Å². The standard InChI is InChI=1S/C42H54Cl2F6N8O7/c43-31-19-25(17-29(37(31)51)41(45,46)47)21-33(39(63)57-13-9-55(10-14-57)27-1-5-53(6-2-27)23-35(59)60)65-34(22-26-18-30(42(48,49)50)38(52)32(44)20-26)40(64)58-15-11-56(12-16-58)28-3-7-54(8-4-28)24-36(61)62/h17-20,27-28,33-34H,1-16,21-24,51-52H2,(H,59,60)(H,61,62)/t33-,34-/m0/s1. The Morgan fingerprint density at radius 1 is 0.585 bits per heavy atom. The number of hydrogen-bond donors (Lipinski definition) is 4. The zero-order valence-corrected chi connectivity index (χ0v) is 37.1. The number of nitrogens with two attached hydrogens (primary N) is 2. The monoisotopic (exact) mass is 966 g/mol. The molecule has 0 aromatic heterocycles. The maximum absolute atomic E-state index is 14.6. The lowest BCUT2D eigenvalue weighted by Gasteiger charge is -2.44. The summed E-state index contributed by atoms with van der Waals surface area (Å²) in [5.74, 6) is -3.15. The van der Waals surface area contributed by atoms with Crippen molar-refractivity contribution in [2.75, 3.05) is 103 Å². The van der Waals surface area contributed by atoms with Gasteiger partial charge in [0.15, 0.2) is 0 Å². The van der Waals surface area contributed by atoms with E-state index in [0.29, 0.717) is 78.0 Å². The third-order valence-corrected chi connectivity index (χ3v) is 13.5. The molecule has 4 aliphatic heterocycles. The van der Waals surface area contributed by atoms with Gasteiger partial charge in [0.1, 0.15) is 12.2 Å². The van der Waals surface area contributed by atoms with Crippen LogP contribution in [0.5, 0.6) is 0 Å². The Morgan fingerprint density at radius 2 is 0.908 bits per heavy atom. The Hall–Kier alpha value is -4.12. The molecule has 4 saturated heterocycles. The highest BCUT2D eigenvalue weighted by molar-refractivity contribution is 6.33. The molecule has 65 heavy (non-hydrogen) atoms. The van der Waals surface area contributed by atoms with E-state index in [1.807, 2.05) is 9.80 Å². The highest BCUT2D eigenvalue weighted by Crippen LogP contribution is 2.40. The molecule has 15 nitrogen and oxygen atoms in total. The molecule has 0 saturated carbocycles. The number of carboxylic acids is 2. The summed E-state index contributed by atoms with van der Waals surface area (Å²) in [6, 6.07) is 4.09. The van der Waals surface area contributed by atoms with E-state index >= 15 is 0 Å². The third-order valence-electron chi connectivity index (χ3n) is 12.8. The summed E-state index contributed by atoms with van der Waals surface area (Å²) in [5, 5.41) is 17.5. The Balaban J connectivity index is 1.26. The van der Waals surface area contributed by atoms with Crippen LogP contribution in [0, 0.1) is 0 Å². The molecule has 2 aromatic carbocycles. The number of nitrogens with zero attached hydrogens (tertiary/aromatic N) is 6. The van der Waals surface area contributed by atoms with Crippen molar-refractivity contribution >= 4 is 58.3 Å². The van der Waals surface area contributed by atoms with Crippen LogP contribution in [0.1, 0.15) is 47.9 Å². The lowest BCUT2D eigenvalue weighted by Crippen LogP contribution is -2.58. The summed E-state index contributed by atoms with van der Waals surface area (Å²) in [7, 11) is 0. The molecule has 0 bridgehead atoms. The number of alkyl halides is 6. The molecule has 4 fully saturated rings. The fourth-order valence-corrected chi connectivity index (χ4v) is 9.84. The van der Waals surface area contributed by atoms with Crippen LogP contribution < -0.4 is 11.5 Å². The second-order valence-corrected chi connectivity index (χ2v) is 17.9. The molecule has 6 N–H and O–H groups in total. The molecule has 0 aliphatic carbocycles. The van der Waals surface area contributed by atoms with Gasteiger partial charge in [-0.05, 0) is 61.1 Å².